The lowest BCUT2D eigenvalue weighted by atomic mass is 9.94. The van der Waals surface area contributed by atoms with E-state index in [9.17, 15) is 0 Å². The molecule has 0 fully saturated rings. The van der Waals surface area contributed by atoms with Gasteiger partial charge in [-0.25, -0.2) is 9.98 Å². The number of aromatic nitrogens is 1. The number of halogens is 1. The van der Waals surface area contributed by atoms with Crippen LogP contribution in [0.2, 0.25) is 0 Å². The van der Waals surface area contributed by atoms with Gasteiger partial charge in [0.05, 0.1) is 19.9 Å². The summed E-state index contributed by atoms with van der Waals surface area (Å²) >= 11 is 0. The van der Waals surface area contributed by atoms with E-state index in [0.29, 0.717) is 25.6 Å². The molecule has 2 rings (SSSR count). The SMILES string of the molecule is CCNC(=NCc1ncc(C(C)(C)C)o1)N(C)CCOc1ccc(OC)cc1.I. The van der Waals surface area contributed by atoms with Crippen LogP contribution in [0.4, 0.5) is 0 Å². The third-order valence-electron chi connectivity index (χ3n) is 4.11. The fourth-order valence-corrected chi connectivity index (χ4v) is 2.42. The van der Waals surface area contributed by atoms with Gasteiger partial charge in [-0.15, -0.1) is 24.0 Å². The zero-order valence-electron chi connectivity index (χ0n) is 18.2. The number of aliphatic imine (C=N–C) groups is 1. The first-order valence-corrected chi connectivity index (χ1v) is 9.55. The molecule has 162 valence electrons. The van der Waals surface area contributed by atoms with Crippen molar-refractivity contribution in [3.05, 3.63) is 42.1 Å². The van der Waals surface area contributed by atoms with E-state index in [1.807, 2.05) is 43.1 Å². The average molecular weight is 516 g/mol. The van der Waals surface area contributed by atoms with E-state index < -0.39 is 0 Å². The molecule has 0 unspecified atom stereocenters. The average Bonchev–Trinajstić information content (AvgIpc) is 3.15. The Morgan fingerprint density at radius 1 is 1.21 bits per heavy atom. The molecule has 7 nitrogen and oxygen atoms in total. The number of likely N-dealkylation sites (N-methyl/N-ethyl adjacent to an activating group) is 1. The van der Waals surface area contributed by atoms with Crippen LogP contribution in [0, 0.1) is 0 Å². The van der Waals surface area contributed by atoms with Crippen molar-refractivity contribution >= 4 is 29.9 Å². The van der Waals surface area contributed by atoms with E-state index in [2.05, 4.69) is 36.1 Å². The molecular weight excluding hydrogens is 483 g/mol. The van der Waals surface area contributed by atoms with Gasteiger partial charge in [0.15, 0.2) is 5.96 Å². The maximum atomic E-state index is 5.81. The second kappa shape index (κ2) is 11.9. The highest BCUT2D eigenvalue weighted by atomic mass is 127. The highest BCUT2D eigenvalue weighted by molar-refractivity contribution is 14.0. The van der Waals surface area contributed by atoms with Crippen LogP contribution in [0.3, 0.4) is 0 Å². The van der Waals surface area contributed by atoms with Crippen molar-refractivity contribution in [2.45, 2.75) is 39.7 Å². The zero-order chi connectivity index (χ0) is 20.6. The van der Waals surface area contributed by atoms with E-state index in [1.54, 1.807) is 13.3 Å². The first-order chi connectivity index (χ1) is 13.3. The highest BCUT2D eigenvalue weighted by Crippen LogP contribution is 2.22. The number of guanidine groups is 1. The van der Waals surface area contributed by atoms with Crippen molar-refractivity contribution in [3.63, 3.8) is 0 Å². The molecule has 1 heterocycles. The number of nitrogens with zero attached hydrogens (tertiary/aromatic N) is 3. The minimum absolute atomic E-state index is 0. The molecule has 0 spiro atoms. The molecule has 0 atom stereocenters. The van der Waals surface area contributed by atoms with Crippen LogP contribution < -0.4 is 14.8 Å². The number of nitrogens with one attached hydrogen (secondary N) is 1. The summed E-state index contributed by atoms with van der Waals surface area (Å²) in [5, 5.41) is 3.29. The second-order valence-corrected chi connectivity index (χ2v) is 7.48. The molecule has 2 aromatic rings. The smallest absolute Gasteiger partial charge is 0.216 e. The van der Waals surface area contributed by atoms with E-state index in [0.717, 1.165) is 29.8 Å². The molecule has 0 saturated carbocycles. The molecule has 0 aliphatic rings. The van der Waals surface area contributed by atoms with Crippen LogP contribution in [0.1, 0.15) is 39.3 Å². The highest BCUT2D eigenvalue weighted by Gasteiger charge is 2.19. The van der Waals surface area contributed by atoms with Gasteiger partial charge in [-0.3, -0.25) is 0 Å². The van der Waals surface area contributed by atoms with Crippen molar-refractivity contribution in [1.82, 2.24) is 15.2 Å². The van der Waals surface area contributed by atoms with Gasteiger partial charge in [-0.1, -0.05) is 20.8 Å². The Morgan fingerprint density at radius 2 is 1.86 bits per heavy atom. The van der Waals surface area contributed by atoms with Crippen molar-refractivity contribution in [3.8, 4) is 11.5 Å². The summed E-state index contributed by atoms with van der Waals surface area (Å²) in [6, 6.07) is 7.56. The number of oxazole rings is 1. The Morgan fingerprint density at radius 3 is 2.41 bits per heavy atom. The van der Waals surface area contributed by atoms with E-state index >= 15 is 0 Å². The molecule has 0 radical (unpaired) electrons. The lowest BCUT2D eigenvalue weighted by Gasteiger charge is -2.22. The van der Waals surface area contributed by atoms with Crippen molar-refractivity contribution in [1.29, 1.82) is 0 Å². The summed E-state index contributed by atoms with van der Waals surface area (Å²) in [5.74, 6) is 3.89. The number of hydrogen-bond donors (Lipinski definition) is 1. The van der Waals surface area contributed by atoms with Gasteiger partial charge in [-0.05, 0) is 31.2 Å². The monoisotopic (exact) mass is 516 g/mol. The number of ether oxygens (including phenoxy) is 2. The normalized spacial score (nSPS) is 11.6. The Kier molecular flexibility index (Phi) is 10.3. The predicted molar refractivity (Wildman–Crippen MR) is 127 cm³/mol. The van der Waals surface area contributed by atoms with E-state index in [4.69, 9.17) is 13.9 Å². The summed E-state index contributed by atoms with van der Waals surface area (Å²) in [6.45, 7) is 10.7. The van der Waals surface area contributed by atoms with Gasteiger partial charge in [0.1, 0.15) is 30.4 Å². The summed E-state index contributed by atoms with van der Waals surface area (Å²) < 4.78 is 16.8. The molecule has 0 saturated heterocycles. The summed E-state index contributed by atoms with van der Waals surface area (Å²) in [5.41, 5.74) is -0.0605. The number of rotatable bonds is 8. The van der Waals surface area contributed by atoms with Crippen molar-refractivity contribution in [2.24, 2.45) is 4.99 Å². The largest absolute Gasteiger partial charge is 0.497 e. The Labute approximate surface area is 190 Å². The van der Waals surface area contributed by atoms with Crippen LogP contribution >= 0.6 is 24.0 Å². The third kappa shape index (κ3) is 8.12. The van der Waals surface area contributed by atoms with Crippen LogP contribution in [-0.4, -0.2) is 49.7 Å². The molecule has 0 aliphatic heterocycles. The number of hydrogen-bond acceptors (Lipinski definition) is 5. The molecule has 0 aliphatic carbocycles. The predicted octanol–water partition coefficient (Wildman–Crippen LogP) is 4.08. The Bertz CT molecular complexity index is 754. The lowest BCUT2D eigenvalue weighted by Crippen LogP contribution is -2.40. The minimum Gasteiger partial charge on any atom is -0.497 e. The zero-order valence-corrected chi connectivity index (χ0v) is 20.5. The fourth-order valence-electron chi connectivity index (χ4n) is 2.42. The number of benzene rings is 1. The summed E-state index contributed by atoms with van der Waals surface area (Å²) in [7, 11) is 3.63. The lowest BCUT2D eigenvalue weighted by molar-refractivity contribution is 0.280. The van der Waals surface area contributed by atoms with Gasteiger partial charge in [0.2, 0.25) is 5.89 Å². The van der Waals surface area contributed by atoms with Crippen LogP contribution in [0.5, 0.6) is 11.5 Å². The standard InChI is InChI=1S/C21H32N4O3.HI/c1-7-22-20(24-15-19-23-14-18(28-19)21(2,3)4)25(5)12-13-27-17-10-8-16(26-6)9-11-17;/h8-11,14H,7,12-13,15H2,1-6H3,(H,22,24);1H. The quantitative estimate of drug-likeness (QED) is 0.324. The van der Waals surface area contributed by atoms with Crippen LogP contribution in [0.15, 0.2) is 39.9 Å². The van der Waals surface area contributed by atoms with Gasteiger partial charge in [0.25, 0.3) is 0 Å². The van der Waals surface area contributed by atoms with Crippen molar-refractivity contribution in [2.75, 3.05) is 33.9 Å². The second-order valence-electron chi connectivity index (χ2n) is 7.48. The maximum Gasteiger partial charge on any atom is 0.216 e. The van der Waals surface area contributed by atoms with Crippen LogP contribution in [0.25, 0.3) is 0 Å². The molecule has 0 amide bonds. The molecule has 1 N–H and O–H groups in total. The fraction of sp³-hybridized carbons (Fsp3) is 0.524. The maximum absolute atomic E-state index is 5.81. The molecule has 29 heavy (non-hydrogen) atoms. The van der Waals surface area contributed by atoms with E-state index in [-0.39, 0.29) is 29.4 Å². The van der Waals surface area contributed by atoms with Crippen LogP contribution in [-0.2, 0) is 12.0 Å². The first kappa shape index (κ1) is 25.1. The minimum atomic E-state index is -0.0605. The van der Waals surface area contributed by atoms with Gasteiger partial charge < -0.3 is 24.1 Å². The Balaban J connectivity index is 0.00000420. The molecule has 1 aromatic carbocycles. The topological polar surface area (TPSA) is 72.1 Å². The number of methoxy groups -OCH3 is 1. The molecule has 8 heteroatoms. The third-order valence-corrected chi connectivity index (χ3v) is 4.11. The van der Waals surface area contributed by atoms with Crippen molar-refractivity contribution < 1.29 is 13.9 Å². The summed E-state index contributed by atoms with van der Waals surface area (Å²) in [4.78, 5) is 11.0. The first-order valence-electron chi connectivity index (χ1n) is 9.55. The van der Waals surface area contributed by atoms with Gasteiger partial charge in [-0.2, -0.15) is 0 Å². The van der Waals surface area contributed by atoms with Gasteiger partial charge >= 0.3 is 0 Å². The molecule has 1 aromatic heterocycles. The Hall–Kier alpha value is -1.97. The van der Waals surface area contributed by atoms with E-state index in [1.165, 1.54) is 0 Å². The van der Waals surface area contributed by atoms with Gasteiger partial charge in [0, 0.05) is 19.0 Å². The molecule has 0 bridgehead atoms. The summed E-state index contributed by atoms with van der Waals surface area (Å²) in [6.07, 6.45) is 1.78. The molecular formula is C21H33IN4O3.